The molecule has 0 saturated carbocycles. The minimum Gasteiger partial charge on any atom is -0.398 e. The van der Waals surface area contributed by atoms with Gasteiger partial charge in [-0.3, -0.25) is 0 Å². The third kappa shape index (κ3) is 2.10. The largest absolute Gasteiger partial charge is 0.398 e. The smallest absolute Gasteiger partial charge is 0.334 e. The number of hydrogen-bond donors (Lipinski definition) is 1. The summed E-state index contributed by atoms with van der Waals surface area (Å²) in [6.45, 7) is 1.65. The van der Waals surface area contributed by atoms with Crippen molar-refractivity contribution in [2.24, 2.45) is 0 Å². The summed E-state index contributed by atoms with van der Waals surface area (Å²) in [7, 11) is -4.78. The fraction of sp³-hybridized carbons (Fsp3) is 0.143. The molecule has 0 spiro atoms. The van der Waals surface area contributed by atoms with Gasteiger partial charge < -0.3 is 5.73 Å². The monoisotopic (exact) mass is 223 g/mol. The van der Waals surface area contributed by atoms with Gasteiger partial charge in [-0.15, -0.1) is 3.89 Å². The van der Waals surface area contributed by atoms with Gasteiger partial charge in [-0.2, -0.15) is 8.42 Å². The summed E-state index contributed by atoms with van der Waals surface area (Å²) in [6.07, 6.45) is 0. The molecule has 1 rings (SSSR count). The van der Waals surface area contributed by atoms with E-state index in [4.69, 9.17) is 17.3 Å². The lowest BCUT2D eigenvalue weighted by Gasteiger charge is -2.03. The second kappa shape index (κ2) is 3.16. The summed E-state index contributed by atoms with van der Waals surface area (Å²) in [5.74, 6) is 0. The van der Waals surface area contributed by atoms with Gasteiger partial charge in [0.1, 0.15) is 4.90 Å². The van der Waals surface area contributed by atoms with Gasteiger partial charge in [-0.1, -0.05) is 11.6 Å². The highest BCUT2D eigenvalue weighted by Gasteiger charge is 2.17. The second-order valence-electron chi connectivity index (χ2n) is 2.58. The molecule has 0 fully saturated rings. The molecule has 0 saturated heterocycles. The van der Waals surface area contributed by atoms with Crippen LogP contribution < -0.4 is 5.73 Å². The second-order valence-corrected chi connectivity index (χ2v) is 4.30. The Morgan fingerprint density at radius 1 is 1.46 bits per heavy atom. The molecule has 0 aliphatic heterocycles. The average molecular weight is 224 g/mol. The van der Waals surface area contributed by atoms with E-state index in [-0.39, 0.29) is 10.7 Å². The Morgan fingerprint density at radius 3 is 2.46 bits per heavy atom. The molecule has 0 aliphatic rings. The number of nitrogens with two attached hydrogens (primary N) is 1. The standard InChI is InChI=1S/C7H7ClFNO2S/c1-4-2-6(10)7(3-5(4)8)13(9,11)12/h2-3H,10H2,1H3. The van der Waals surface area contributed by atoms with Gasteiger partial charge in [0, 0.05) is 5.02 Å². The molecule has 6 heteroatoms. The van der Waals surface area contributed by atoms with E-state index in [2.05, 4.69) is 0 Å². The van der Waals surface area contributed by atoms with Crippen LogP contribution in [0.15, 0.2) is 17.0 Å². The van der Waals surface area contributed by atoms with Crippen molar-refractivity contribution in [2.45, 2.75) is 11.8 Å². The summed E-state index contributed by atoms with van der Waals surface area (Å²) in [5.41, 5.74) is 5.77. The zero-order valence-electron chi connectivity index (χ0n) is 6.71. The Kier molecular flexibility index (Phi) is 2.49. The van der Waals surface area contributed by atoms with Gasteiger partial charge >= 0.3 is 10.2 Å². The number of nitrogen functional groups attached to an aromatic ring is 1. The molecule has 13 heavy (non-hydrogen) atoms. The Balaban J connectivity index is 3.50. The summed E-state index contributed by atoms with van der Waals surface area (Å²) < 4.78 is 33.6. The van der Waals surface area contributed by atoms with Crippen LogP contribution in [0.25, 0.3) is 0 Å². The maximum absolute atomic E-state index is 12.5. The first-order valence-electron chi connectivity index (χ1n) is 3.32. The molecule has 3 nitrogen and oxygen atoms in total. The van der Waals surface area contributed by atoms with Gasteiger partial charge in [0.25, 0.3) is 0 Å². The highest BCUT2D eigenvalue weighted by atomic mass is 35.5. The first kappa shape index (κ1) is 10.3. The topological polar surface area (TPSA) is 60.2 Å². The number of anilines is 1. The van der Waals surface area contributed by atoms with Crippen molar-refractivity contribution in [1.29, 1.82) is 0 Å². The maximum Gasteiger partial charge on any atom is 0.334 e. The average Bonchev–Trinajstić information content (AvgIpc) is 1.94. The number of rotatable bonds is 1. The number of aryl methyl sites for hydroxylation is 1. The number of halogens is 2. The van der Waals surface area contributed by atoms with Crippen LogP contribution in [-0.2, 0) is 10.2 Å². The fourth-order valence-corrected chi connectivity index (χ4v) is 1.72. The van der Waals surface area contributed by atoms with Crippen LogP contribution in [0.3, 0.4) is 0 Å². The third-order valence-corrected chi connectivity index (χ3v) is 2.84. The first-order chi connectivity index (χ1) is 5.82. The van der Waals surface area contributed by atoms with Gasteiger partial charge in [0.15, 0.2) is 0 Å². The predicted octanol–water partition coefficient (Wildman–Crippen LogP) is 1.89. The van der Waals surface area contributed by atoms with Crippen LogP contribution in [0.1, 0.15) is 5.56 Å². The van der Waals surface area contributed by atoms with Crippen molar-refractivity contribution in [3.63, 3.8) is 0 Å². The molecule has 0 bridgehead atoms. The highest BCUT2D eigenvalue weighted by molar-refractivity contribution is 7.86. The minimum absolute atomic E-state index is 0.135. The van der Waals surface area contributed by atoms with E-state index in [0.717, 1.165) is 6.07 Å². The lowest BCUT2D eigenvalue weighted by molar-refractivity contribution is 0.552. The van der Waals surface area contributed by atoms with Crippen molar-refractivity contribution in [3.05, 3.63) is 22.7 Å². The van der Waals surface area contributed by atoms with Crippen LogP contribution in [0, 0.1) is 6.92 Å². The summed E-state index contributed by atoms with van der Waals surface area (Å²) in [5, 5.41) is 0.172. The van der Waals surface area contributed by atoms with Crippen molar-refractivity contribution in [3.8, 4) is 0 Å². The molecule has 1 aromatic carbocycles. The van der Waals surface area contributed by atoms with E-state index in [1.54, 1.807) is 6.92 Å². The molecule has 2 N–H and O–H groups in total. The predicted molar refractivity (Wildman–Crippen MR) is 48.9 cm³/mol. The van der Waals surface area contributed by atoms with E-state index in [1.165, 1.54) is 6.07 Å². The molecule has 0 heterocycles. The Bertz CT molecular complexity index is 444. The minimum atomic E-state index is -4.78. The van der Waals surface area contributed by atoms with E-state index in [0.29, 0.717) is 5.56 Å². The molecular formula is C7H7ClFNO2S. The molecule has 0 radical (unpaired) electrons. The van der Waals surface area contributed by atoms with Crippen molar-refractivity contribution in [2.75, 3.05) is 5.73 Å². The van der Waals surface area contributed by atoms with Crippen molar-refractivity contribution >= 4 is 27.5 Å². The highest BCUT2D eigenvalue weighted by Crippen LogP contribution is 2.27. The van der Waals surface area contributed by atoms with Crippen LogP contribution in [0.5, 0.6) is 0 Å². The van der Waals surface area contributed by atoms with Crippen molar-refractivity contribution in [1.82, 2.24) is 0 Å². The maximum atomic E-state index is 12.5. The summed E-state index contributed by atoms with van der Waals surface area (Å²) in [4.78, 5) is -0.580. The van der Waals surface area contributed by atoms with E-state index in [1.807, 2.05) is 0 Å². The molecule has 0 amide bonds. The molecule has 72 valence electrons. The quantitative estimate of drug-likeness (QED) is 0.584. The lowest BCUT2D eigenvalue weighted by atomic mass is 10.2. The van der Waals surface area contributed by atoms with Gasteiger partial charge in [0.05, 0.1) is 5.69 Å². The van der Waals surface area contributed by atoms with Gasteiger partial charge in [0.2, 0.25) is 0 Å². The lowest BCUT2D eigenvalue weighted by Crippen LogP contribution is -1.99. The zero-order chi connectivity index (χ0) is 10.2. The van der Waals surface area contributed by atoms with Crippen molar-refractivity contribution < 1.29 is 12.3 Å². The molecule has 0 aromatic heterocycles. The molecule has 1 aromatic rings. The number of benzene rings is 1. The number of hydrogen-bond acceptors (Lipinski definition) is 3. The fourth-order valence-electron chi connectivity index (χ4n) is 0.897. The SMILES string of the molecule is Cc1cc(N)c(S(=O)(=O)F)cc1Cl. The van der Waals surface area contributed by atoms with Gasteiger partial charge in [-0.25, -0.2) is 0 Å². The third-order valence-electron chi connectivity index (χ3n) is 1.55. The molecular weight excluding hydrogens is 217 g/mol. The van der Waals surface area contributed by atoms with Crippen LogP contribution >= 0.6 is 11.6 Å². The summed E-state index contributed by atoms with van der Waals surface area (Å²) in [6, 6.07) is 2.32. The zero-order valence-corrected chi connectivity index (χ0v) is 8.29. The van der Waals surface area contributed by atoms with E-state index in [9.17, 15) is 12.3 Å². The molecule has 0 atom stereocenters. The van der Waals surface area contributed by atoms with Crippen LogP contribution in [0.4, 0.5) is 9.57 Å². The van der Waals surface area contributed by atoms with Crippen LogP contribution in [0.2, 0.25) is 5.02 Å². The first-order valence-corrected chi connectivity index (χ1v) is 5.09. The summed E-state index contributed by atoms with van der Waals surface area (Å²) >= 11 is 5.61. The van der Waals surface area contributed by atoms with E-state index >= 15 is 0 Å². The van der Waals surface area contributed by atoms with E-state index < -0.39 is 15.1 Å². The van der Waals surface area contributed by atoms with Crippen LogP contribution in [-0.4, -0.2) is 8.42 Å². The Hall–Kier alpha value is -0.810. The molecule has 0 unspecified atom stereocenters. The molecule has 0 aliphatic carbocycles. The van der Waals surface area contributed by atoms with Gasteiger partial charge in [-0.05, 0) is 24.6 Å². The normalized spacial score (nSPS) is 11.6. The Labute approximate surface area is 80.5 Å². The Morgan fingerprint density at radius 2 is 2.00 bits per heavy atom.